The van der Waals surface area contributed by atoms with E-state index in [-0.39, 0.29) is 5.91 Å². The lowest BCUT2D eigenvalue weighted by molar-refractivity contribution is 0.0727. The number of carbonyl (C=O) groups is 1. The van der Waals surface area contributed by atoms with E-state index in [1.54, 1.807) is 30.7 Å². The normalized spacial score (nSPS) is 10.4. The maximum Gasteiger partial charge on any atom is 0.254 e. The van der Waals surface area contributed by atoms with Gasteiger partial charge in [-0.25, -0.2) is 0 Å². The van der Waals surface area contributed by atoms with Crippen LogP contribution in [0.4, 0.5) is 0 Å². The van der Waals surface area contributed by atoms with Crippen LogP contribution in [0.3, 0.4) is 0 Å². The van der Waals surface area contributed by atoms with Gasteiger partial charge < -0.3 is 4.90 Å². The van der Waals surface area contributed by atoms with E-state index in [4.69, 9.17) is 0 Å². The Morgan fingerprint density at radius 3 is 2.38 bits per heavy atom. The molecule has 0 fully saturated rings. The van der Waals surface area contributed by atoms with Gasteiger partial charge in [0.25, 0.3) is 5.91 Å². The first-order chi connectivity index (χ1) is 11.7. The van der Waals surface area contributed by atoms with Gasteiger partial charge in [-0.1, -0.05) is 30.3 Å². The van der Waals surface area contributed by atoms with E-state index >= 15 is 0 Å². The molecule has 120 valence electrons. The molecule has 0 radical (unpaired) electrons. The molecule has 0 unspecified atom stereocenters. The number of rotatable bonds is 5. The van der Waals surface area contributed by atoms with Gasteiger partial charge >= 0.3 is 0 Å². The lowest BCUT2D eigenvalue weighted by atomic mass is 10.1. The molecule has 3 rings (SSSR count). The van der Waals surface area contributed by atoms with Crippen molar-refractivity contribution in [1.82, 2.24) is 14.9 Å². The standard InChI is InChI=1S/C20H19N3O/c1-16-6-2-3-7-18(16)14-23(15-19-8-4-5-11-22-19)20(24)17-9-12-21-13-10-17/h2-13H,14-15H2,1H3. The van der Waals surface area contributed by atoms with E-state index in [0.29, 0.717) is 18.7 Å². The fourth-order valence-corrected chi connectivity index (χ4v) is 2.56. The Balaban J connectivity index is 1.88. The number of pyridine rings is 2. The molecule has 2 aromatic heterocycles. The summed E-state index contributed by atoms with van der Waals surface area (Å²) in [6, 6.07) is 17.4. The summed E-state index contributed by atoms with van der Waals surface area (Å²) in [6.45, 7) is 3.08. The van der Waals surface area contributed by atoms with Crippen molar-refractivity contribution >= 4 is 5.91 Å². The molecule has 0 N–H and O–H groups in total. The van der Waals surface area contributed by atoms with E-state index in [9.17, 15) is 4.79 Å². The number of aromatic nitrogens is 2. The van der Waals surface area contributed by atoms with Crippen LogP contribution >= 0.6 is 0 Å². The van der Waals surface area contributed by atoms with E-state index in [2.05, 4.69) is 29.0 Å². The van der Waals surface area contributed by atoms with Gasteiger partial charge in [0.1, 0.15) is 0 Å². The van der Waals surface area contributed by atoms with Gasteiger partial charge in [0.05, 0.1) is 12.2 Å². The summed E-state index contributed by atoms with van der Waals surface area (Å²) in [5.41, 5.74) is 3.81. The highest BCUT2D eigenvalue weighted by atomic mass is 16.2. The van der Waals surface area contributed by atoms with Gasteiger partial charge in [-0.15, -0.1) is 0 Å². The average molecular weight is 317 g/mol. The Morgan fingerprint density at radius 1 is 0.917 bits per heavy atom. The lowest BCUT2D eigenvalue weighted by Crippen LogP contribution is -2.30. The molecule has 3 aromatic rings. The quantitative estimate of drug-likeness (QED) is 0.722. The zero-order valence-electron chi connectivity index (χ0n) is 13.6. The van der Waals surface area contributed by atoms with Gasteiger partial charge in [0.15, 0.2) is 0 Å². The first-order valence-corrected chi connectivity index (χ1v) is 7.88. The fourth-order valence-electron chi connectivity index (χ4n) is 2.56. The Labute approximate surface area is 141 Å². The van der Waals surface area contributed by atoms with Gasteiger partial charge in [-0.2, -0.15) is 0 Å². The van der Waals surface area contributed by atoms with Crippen molar-refractivity contribution in [2.24, 2.45) is 0 Å². The van der Waals surface area contributed by atoms with E-state index < -0.39 is 0 Å². The van der Waals surface area contributed by atoms with Crippen LogP contribution in [0.25, 0.3) is 0 Å². The molecule has 0 saturated heterocycles. The molecule has 0 aliphatic heterocycles. The van der Waals surface area contributed by atoms with Crippen LogP contribution in [-0.2, 0) is 13.1 Å². The van der Waals surface area contributed by atoms with E-state index in [1.807, 2.05) is 35.2 Å². The first-order valence-electron chi connectivity index (χ1n) is 7.88. The van der Waals surface area contributed by atoms with E-state index in [0.717, 1.165) is 11.3 Å². The Bertz CT molecular complexity index is 803. The number of nitrogens with zero attached hydrogens (tertiary/aromatic N) is 3. The fraction of sp³-hybridized carbons (Fsp3) is 0.150. The Kier molecular flexibility index (Phi) is 4.96. The smallest absolute Gasteiger partial charge is 0.254 e. The molecule has 1 amide bonds. The number of benzene rings is 1. The minimum absolute atomic E-state index is 0.0219. The van der Waals surface area contributed by atoms with Crippen molar-refractivity contribution in [1.29, 1.82) is 0 Å². The summed E-state index contributed by atoms with van der Waals surface area (Å²) < 4.78 is 0. The maximum atomic E-state index is 12.9. The highest BCUT2D eigenvalue weighted by molar-refractivity contribution is 5.94. The number of carbonyl (C=O) groups excluding carboxylic acids is 1. The van der Waals surface area contributed by atoms with Crippen LogP contribution in [0.1, 0.15) is 27.2 Å². The van der Waals surface area contributed by atoms with Crippen molar-refractivity contribution in [2.75, 3.05) is 0 Å². The lowest BCUT2D eigenvalue weighted by Gasteiger charge is -2.23. The van der Waals surface area contributed by atoms with Gasteiger partial charge in [0, 0.05) is 30.7 Å². The molecular formula is C20H19N3O. The highest BCUT2D eigenvalue weighted by Gasteiger charge is 2.17. The molecule has 0 aliphatic rings. The second-order valence-corrected chi connectivity index (χ2v) is 5.64. The van der Waals surface area contributed by atoms with Crippen LogP contribution in [0, 0.1) is 6.92 Å². The number of hydrogen-bond donors (Lipinski definition) is 0. The second kappa shape index (κ2) is 7.51. The van der Waals surface area contributed by atoms with Crippen LogP contribution in [0.2, 0.25) is 0 Å². The number of hydrogen-bond acceptors (Lipinski definition) is 3. The largest absolute Gasteiger partial charge is 0.328 e. The van der Waals surface area contributed by atoms with Gasteiger partial charge in [-0.3, -0.25) is 14.8 Å². The second-order valence-electron chi connectivity index (χ2n) is 5.64. The SMILES string of the molecule is Cc1ccccc1CN(Cc1ccccn1)C(=O)c1ccncc1. The molecule has 2 heterocycles. The van der Waals surface area contributed by atoms with Crippen molar-refractivity contribution in [3.63, 3.8) is 0 Å². The Hall–Kier alpha value is -3.01. The van der Waals surface area contributed by atoms with Crippen LogP contribution < -0.4 is 0 Å². The van der Waals surface area contributed by atoms with Crippen LogP contribution in [0.5, 0.6) is 0 Å². The number of amides is 1. The molecule has 0 saturated carbocycles. The molecule has 4 heteroatoms. The predicted octanol–water partition coefficient (Wildman–Crippen LogP) is 3.63. The summed E-state index contributed by atoms with van der Waals surface area (Å²) in [6.07, 6.45) is 5.03. The molecule has 4 nitrogen and oxygen atoms in total. The molecule has 0 atom stereocenters. The monoisotopic (exact) mass is 317 g/mol. The van der Waals surface area contributed by atoms with Crippen molar-refractivity contribution in [2.45, 2.75) is 20.0 Å². The van der Waals surface area contributed by atoms with Crippen LogP contribution in [-0.4, -0.2) is 20.8 Å². The zero-order chi connectivity index (χ0) is 16.8. The summed E-state index contributed by atoms with van der Waals surface area (Å²) in [4.78, 5) is 23.1. The average Bonchev–Trinajstić information content (AvgIpc) is 2.64. The molecule has 0 spiro atoms. The zero-order valence-corrected chi connectivity index (χ0v) is 13.6. The molecule has 24 heavy (non-hydrogen) atoms. The summed E-state index contributed by atoms with van der Waals surface area (Å²) >= 11 is 0. The summed E-state index contributed by atoms with van der Waals surface area (Å²) in [5, 5.41) is 0. The van der Waals surface area contributed by atoms with Crippen LogP contribution in [0.15, 0.2) is 73.2 Å². The van der Waals surface area contributed by atoms with Gasteiger partial charge in [0.2, 0.25) is 0 Å². The summed E-state index contributed by atoms with van der Waals surface area (Å²) in [5.74, 6) is -0.0219. The minimum Gasteiger partial charge on any atom is -0.328 e. The number of aryl methyl sites for hydroxylation is 1. The Morgan fingerprint density at radius 2 is 1.67 bits per heavy atom. The maximum absolute atomic E-state index is 12.9. The molecular weight excluding hydrogens is 298 g/mol. The molecule has 0 aliphatic carbocycles. The van der Waals surface area contributed by atoms with E-state index in [1.165, 1.54) is 5.56 Å². The van der Waals surface area contributed by atoms with Gasteiger partial charge in [-0.05, 0) is 42.3 Å². The third-order valence-corrected chi connectivity index (χ3v) is 3.92. The highest BCUT2D eigenvalue weighted by Crippen LogP contribution is 2.15. The molecule has 0 bridgehead atoms. The third-order valence-electron chi connectivity index (χ3n) is 3.92. The third kappa shape index (κ3) is 3.84. The molecule has 1 aromatic carbocycles. The van der Waals surface area contributed by atoms with Crippen molar-refractivity contribution < 1.29 is 4.79 Å². The summed E-state index contributed by atoms with van der Waals surface area (Å²) in [7, 11) is 0. The first kappa shape index (κ1) is 15.9. The predicted molar refractivity (Wildman–Crippen MR) is 93.2 cm³/mol. The van der Waals surface area contributed by atoms with Crippen molar-refractivity contribution in [3.8, 4) is 0 Å². The van der Waals surface area contributed by atoms with Crippen molar-refractivity contribution in [3.05, 3.63) is 95.6 Å². The topological polar surface area (TPSA) is 46.1 Å². The minimum atomic E-state index is -0.0219.